The quantitative estimate of drug-likeness (QED) is 0.751. The Labute approximate surface area is 144 Å². The highest BCUT2D eigenvalue weighted by molar-refractivity contribution is 5.94. The first-order valence-electron chi connectivity index (χ1n) is 7.75. The van der Waals surface area contributed by atoms with Gasteiger partial charge >= 0.3 is 5.97 Å². The second kappa shape index (κ2) is 8.77. The molecule has 1 amide bonds. The predicted molar refractivity (Wildman–Crippen MR) is 90.5 cm³/mol. The molecule has 7 heteroatoms. The minimum atomic E-state index is -0.844. The monoisotopic (exact) mass is 348 g/mol. The van der Waals surface area contributed by atoms with E-state index in [2.05, 4.69) is 10.6 Å². The summed E-state index contributed by atoms with van der Waals surface area (Å²) in [6.07, 6.45) is 0.745. The summed E-state index contributed by atoms with van der Waals surface area (Å²) >= 11 is 0. The van der Waals surface area contributed by atoms with Crippen molar-refractivity contribution in [2.75, 3.05) is 23.8 Å². The van der Waals surface area contributed by atoms with Gasteiger partial charge in [-0.05, 0) is 42.8 Å². The third-order valence-electron chi connectivity index (χ3n) is 3.22. The lowest BCUT2D eigenvalue weighted by Gasteiger charge is -2.09. The second-order valence-corrected chi connectivity index (χ2v) is 5.24. The highest BCUT2D eigenvalue weighted by atomic mass is 19.1. The van der Waals surface area contributed by atoms with Crippen LogP contribution in [0, 0.1) is 11.6 Å². The van der Waals surface area contributed by atoms with Crippen LogP contribution in [-0.4, -0.2) is 25.0 Å². The Hall–Kier alpha value is -2.96. The van der Waals surface area contributed by atoms with Crippen LogP contribution in [0.15, 0.2) is 42.5 Å². The van der Waals surface area contributed by atoms with Crippen LogP contribution in [0.5, 0.6) is 0 Å². The van der Waals surface area contributed by atoms with E-state index in [4.69, 9.17) is 4.74 Å². The van der Waals surface area contributed by atoms with Gasteiger partial charge in [-0.2, -0.15) is 0 Å². The minimum absolute atomic E-state index is 0.0952. The van der Waals surface area contributed by atoms with Gasteiger partial charge in [0.05, 0.1) is 24.4 Å². The molecule has 0 aliphatic heterocycles. The van der Waals surface area contributed by atoms with Crippen molar-refractivity contribution in [3.05, 3.63) is 59.7 Å². The Bertz CT molecular complexity index is 748. The number of carbonyl (C=O) groups is 2. The Balaban J connectivity index is 1.86. The first-order chi connectivity index (χ1) is 12.0. The number of esters is 1. The van der Waals surface area contributed by atoms with Crippen LogP contribution in [0.4, 0.5) is 20.2 Å². The maximum absolute atomic E-state index is 13.5. The largest absolute Gasteiger partial charge is 0.462 e. The standard InChI is InChI=1S/C18H18F2N2O3/c1-2-9-25-18(24)12-3-6-14(7-4-12)21-11-17(23)22-16-8-5-13(19)10-15(16)20/h3-8,10,21H,2,9,11H2,1H3,(H,22,23). The van der Waals surface area contributed by atoms with Gasteiger partial charge in [0, 0.05) is 11.8 Å². The summed E-state index contributed by atoms with van der Waals surface area (Å²) < 4.78 is 31.3. The molecule has 0 saturated heterocycles. The van der Waals surface area contributed by atoms with Gasteiger partial charge in [-0.1, -0.05) is 6.92 Å². The average Bonchev–Trinajstić information content (AvgIpc) is 2.60. The van der Waals surface area contributed by atoms with Crippen LogP contribution in [0.1, 0.15) is 23.7 Å². The number of amides is 1. The molecule has 0 radical (unpaired) electrons. The number of hydrogen-bond acceptors (Lipinski definition) is 4. The van der Waals surface area contributed by atoms with E-state index in [1.54, 1.807) is 24.3 Å². The molecule has 5 nitrogen and oxygen atoms in total. The third-order valence-corrected chi connectivity index (χ3v) is 3.22. The topological polar surface area (TPSA) is 67.4 Å². The lowest BCUT2D eigenvalue weighted by atomic mass is 10.2. The SMILES string of the molecule is CCCOC(=O)c1ccc(NCC(=O)Nc2ccc(F)cc2F)cc1. The summed E-state index contributed by atoms with van der Waals surface area (Å²) in [6, 6.07) is 9.33. The molecule has 0 saturated carbocycles. The number of benzene rings is 2. The fraction of sp³-hybridized carbons (Fsp3) is 0.222. The zero-order valence-corrected chi connectivity index (χ0v) is 13.6. The molecule has 0 atom stereocenters. The molecule has 0 aromatic heterocycles. The molecule has 0 heterocycles. The normalized spacial score (nSPS) is 10.2. The van der Waals surface area contributed by atoms with E-state index in [1.165, 1.54) is 0 Å². The van der Waals surface area contributed by atoms with Crippen LogP contribution in [0.3, 0.4) is 0 Å². The average molecular weight is 348 g/mol. The first kappa shape index (κ1) is 18.4. The summed E-state index contributed by atoms with van der Waals surface area (Å²) in [7, 11) is 0. The lowest BCUT2D eigenvalue weighted by Crippen LogP contribution is -2.22. The van der Waals surface area contributed by atoms with Gasteiger partial charge in [0.25, 0.3) is 0 Å². The summed E-state index contributed by atoms with van der Waals surface area (Å²) in [4.78, 5) is 23.5. The predicted octanol–water partition coefficient (Wildman–Crippen LogP) is 3.58. The molecule has 25 heavy (non-hydrogen) atoms. The van der Waals surface area contributed by atoms with Crippen LogP contribution >= 0.6 is 0 Å². The molecule has 0 unspecified atom stereocenters. The molecule has 0 aliphatic carbocycles. The fourth-order valence-corrected chi connectivity index (χ4v) is 1.97. The molecule has 2 aromatic carbocycles. The van der Waals surface area contributed by atoms with E-state index < -0.39 is 23.5 Å². The van der Waals surface area contributed by atoms with Gasteiger partial charge < -0.3 is 15.4 Å². The molecule has 2 rings (SSSR count). The molecular weight excluding hydrogens is 330 g/mol. The van der Waals surface area contributed by atoms with Crippen molar-refractivity contribution in [1.29, 1.82) is 0 Å². The highest BCUT2D eigenvalue weighted by Crippen LogP contribution is 2.15. The van der Waals surface area contributed by atoms with Crippen molar-refractivity contribution in [2.24, 2.45) is 0 Å². The number of halogens is 2. The molecule has 0 bridgehead atoms. The van der Waals surface area contributed by atoms with Crippen molar-refractivity contribution in [3.63, 3.8) is 0 Å². The van der Waals surface area contributed by atoms with Gasteiger partial charge in [0.2, 0.25) is 5.91 Å². The van der Waals surface area contributed by atoms with Gasteiger partial charge in [-0.25, -0.2) is 13.6 Å². The van der Waals surface area contributed by atoms with E-state index in [-0.39, 0.29) is 12.2 Å². The molecule has 0 aliphatic rings. The summed E-state index contributed by atoms with van der Waals surface area (Å²) in [5.74, 6) is -2.45. The molecule has 2 N–H and O–H groups in total. The molecule has 132 valence electrons. The van der Waals surface area contributed by atoms with Gasteiger partial charge in [-0.15, -0.1) is 0 Å². The summed E-state index contributed by atoms with van der Waals surface area (Å²) in [5, 5.41) is 5.19. The Morgan fingerprint density at radius 3 is 2.44 bits per heavy atom. The lowest BCUT2D eigenvalue weighted by molar-refractivity contribution is -0.114. The van der Waals surface area contributed by atoms with Gasteiger partial charge in [0.1, 0.15) is 11.6 Å². The van der Waals surface area contributed by atoms with Crippen LogP contribution < -0.4 is 10.6 Å². The molecule has 2 aromatic rings. The number of ether oxygens (including phenoxy) is 1. The van der Waals surface area contributed by atoms with Gasteiger partial charge in [0.15, 0.2) is 0 Å². The van der Waals surface area contributed by atoms with E-state index in [1.807, 2.05) is 6.92 Å². The second-order valence-electron chi connectivity index (χ2n) is 5.24. The van der Waals surface area contributed by atoms with Gasteiger partial charge in [-0.3, -0.25) is 4.79 Å². The van der Waals surface area contributed by atoms with E-state index in [0.29, 0.717) is 23.9 Å². The Morgan fingerprint density at radius 1 is 1.08 bits per heavy atom. The van der Waals surface area contributed by atoms with Crippen LogP contribution in [-0.2, 0) is 9.53 Å². The van der Waals surface area contributed by atoms with Crippen molar-refractivity contribution in [2.45, 2.75) is 13.3 Å². The number of carbonyl (C=O) groups excluding carboxylic acids is 2. The Kier molecular flexibility index (Phi) is 6.45. The fourth-order valence-electron chi connectivity index (χ4n) is 1.97. The van der Waals surface area contributed by atoms with E-state index in [0.717, 1.165) is 18.6 Å². The summed E-state index contributed by atoms with van der Waals surface area (Å²) in [6.45, 7) is 2.15. The van der Waals surface area contributed by atoms with Crippen LogP contribution in [0.25, 0.3) is 0 Å². The number of anilines is 2. The molecular formula is C18H18F2N2O3. The van der Waals surface area contributed by atoms with Crippen molar-refractivity contribution in [3.8, 4) is 0 Å². The number of nitrogens with one attached hydrogen (secondary N) is 2. The zero-order chi connectivity index (χ0) is 18.2. The van der Waals surface area contributed by atoms with E-state index in [9.17, 15) is 18.4 Å². The number of hydrogen-bond donors (Lipinski definition) is 2. The maximum atomic E-state index is 13.5. The highest BCUT2D eigenvalue weighted by Gasteiger charge is 2.09. The van der Waals surface area contributed by atoms with E-state index >= 15 is 0 Å². The maximum Gasteiger partial charge on any atom is 0.338 e. The van der Waals surface area contributed by atoms with Crippen molar-refractivity contribution in [1.82, 2.24) is 0 Å². The smallest absolute Gasteiger partial charge is 0.338 e. The van der Waals surface area contributed by atoms with Crippen LogP contribution in [0.2, 0.25) is 0 Å². The number of rotatable bonds is 7. The van der Waals surface area contributed by atoms with Crippen molar-refractivity contribution >= 4 is 23.3 Å². The Morgan fingerprint density at radius 2 is 1.80 bits per heavy atom. The zero-order valence-electron chi connectivity index (χ0n) is 13.6. The summed E-state index contributed by atoms with van der Waals surface area (Å²) in [5.41, 5.74) is 0.931. The molecule has 0 spiro atoms. The third kappa shape index (κ3) is 5.56. The van der Waals surface area contributed by atoms with Crippen molar-refractivity contribution < 1.29 is 23.1 Å². The minimum Gasteiger partial charge on any atom is -0.462 e. The first-order valence-corrected chi connectivity index (χ1v) is 7.75. The molecule has 0 fully saturated rings.